The third-order valence-corrected chi connectivity index (χ3v) is 4.14. The highest BCUT2D eigenvalue weighted by Gasteiger charge is 2.41. The second-order valence-electron chi connectivity index (χ2n) is 4.88. The lowest BCUT2D eigenvalue weighted by Gasteiger charge is -2.34. The summed E-state index contributed by atoms with van der Waals surface area (Å²) in [5.74, 6) is -0.847. The van der Waals surface area contributed by atoms with Crippen molar-refractivity contribution in [3.05, 3.63) is 34.3 Å². The molecule has 0 saturated carbocycles. The predicted molar refractivity (Wildman–Crippen MR) is 83.4 cm³/mol. The Hall–Kier alpha value is -0.870. The number of benzene rings is 1. The van der Waals surface area contributed by atoms with Crippen LogP contribution >= 0.6 is 15.9 Å². The Kier molecular flexibility index (Phi) is 6.69. The molecule has 0 spiro atoms. The van der Waals surface area contributed by atoms with Gasteiger partial charge in [0, 0.05) is 4.47 Å². The number of aliphatic hydroxyl groups is 1. The molecule has 3 nitrogen and oxygen atoms in total. The number of carbonyl (C=O) groups excluding carboxylic acids is 1. The molecule has 2 unspecified atom stereocenters. The van der Waals surface area contributed by atoms with Gasteiger partial charge in [0.1, 0.15) is 5.60 Å². The molecule has 0 bridgehead atoms. The summed E-state index contributed by atoms with van der Waals surface area (Å²) in [5, 5.41) is 11.1. The van der Waals surface area contributed by atoms with E-state index < -0.39 is 11.5 Å². The zero-order valence-electron chi connectivity index (χ0n) is 12.4. The lowest BCUT2D eigenvalue weighted by molar-refractivity contribution is -0.160. The quantitative estimate of drug-likeness (QED) is 0.761. The maximum atomic E-state index is 12.2. The van der Waals surface area contributed by atoms with Gasteiger partial charge in [-0.2, -0.15) is 0 Å². The highest BCUT2D eigenvalue weighted by atomic mass is 79.9. The summed E-state index contributed by atoms with van der Waals surface area (Å²) in [6, 6.07) is 7.47. The van der Waals surface area contributed by atoms with Gasteiger partial charge in [-0.05, 0) is 37.5 Å². The molecule has 4 heteroatoms. The van der Waals surface area contributed by atoms with E-state index >= 15 is 0 Å². The van der Waals surface area contributed by atoms with Crippen molar-refractivity contribution in [2.75, 3.05) is 6.61 Å². The molecule has 1 aromatic rings. The monoisotopic (exact) mass is 342 g/mol. The van der Waals surface area contributed by atoms with Crippen molar-refractivity contribution in [3.8, 4) is 0 Å². The summed E-state index contributed by atoms with van der Waals surface area (Å²) in [7, 11) is 0. The molecule has 0 aliphatic heterocycles. The number of halogens is 1. The van der Waals surface area contributed by atoms with Crippen molar-refractivity contribution in [1.29, 1.82) is 0 Å². The van der Waals surface area contributed by atoms with E-state index in [0.717, 1.165) is 16.5 Å². The standard InChI is InChI=1S/C16H23BrO3/c1-4-7-14(15(18)20-6-3)16(19,5-2)12-8-10-13(17)11-9-12/h8-11,14,19H,4-7H2,1-3H3. The van der Waals surface area contributed by atoms with Crippen LogP contribution in [0.1, 0.15) is 45.6 Å². The van der Waals surface area contributed by atoms with E-state index in [4.69, 9.17) is 4.74 Å². The number of ether oxygens (including phenoxy) is 1. The lowest BCUT2D eigenvalue weighted by Crippen LogP contribution is -2.40. The first kappa shape index (κ1) is 17.2. The van der Waals surface area contributed by atoms with E-state index in [1.165, 1.54) is 0 Å². The second kappa shape index (κ2) is 7.79. The molecule has 1 aromatic carbocycles. The molecule has 1 N–H and O–H groups in total. The predicted octanol–water partition coefficient (Wildman–Crippen LogP) is 4.03. The van der Waals surface area contributed by atoms with Gasteiger partial charge in [0.15, 0.2) is 0 Å². The Labute approximate surface area is 129 Å². The van der Waals surface area contributed by atoms with Gasteiger partial charge in [-0.1, -0.05) is 48.3 Å². The van der Waals surface area contributed by atoms with Gasteiger partial charge in [-0.15, -0.1) is 0 Å². The Balaban J connectivity index is 3.15. The molecule has 0 saturated heterocycles. The Bertz CT molecular complexity index is 430. The van der Waals surface area contributed by atoms with E-state index in [9.17, 15) is 9.90 Å². The van der Waals surface area contributed by atoms with Crippen LogP contribution in [-0.2, 0) is 15.1 Å². The summed E-state index contributed by atoms with van der Waals surface area (Å²) in [6.45, 7) is 6.01. The van der Waals surface area contributed by atoms with Crippen LogP contribution in [0, 0.1) is 5.92 Å². The minimum atomic E-state index is -1.18. The van der Waals surface area contributed by atoms with Crippen molar-refractivity contribution in [2.45, 2.75) is 45.6 Å². The van der Waals surface area contributed by atoms with Gasteiger partial charge in [-0.25, -0.2) is 0 Å². The van der Waals surface area contributed by atoms with Gasteiger partial charge in [0.25, 0.3) is 0 Å². The van der Waals surface area contributed by atoms with Gasteiger partial charge in [0.05, 0.1) is 12.5 Å². The summed E-state index contributed by atoms with van der Waals surface area (Å²) in [4.78, 5) is 12.2. The topological polar surface area (TPSA) is 46.5 Å². The number of hydrogen-bond acceptors (Lipinski definition) is 3. The van der Waals surface area contributed by atoms with E-state index in [-0.39, 0.29) is 5.97 Å². The van der Waals surface area contributed by atoms with Crippen molar-refractivity contribution in [1.82, 2.24) is 0 Å². The molecule has 0 aliphatic carbocycles. The number of esters is 1. The zero-order valence-corrected chi connectivity index (χ0v) is 13.9. The largest absolute Gasteiger partial charge is 0.466 e. The Morgan fingerprint density at radius 1 is 1.30 bits per heavy atom. The van der Waals surface area contributed by atoms with Gasteiger partial charge in [-0.3, -0.25) is 4.79 Å². The molecular formula is C16H23BrO3. The van der Waals surface area contributed by atoms with Crippen LogP contribution < -0.4 is 0 Å². The van der Waals surface area contributed by atoms with Crippen molar-refractivity contribution in [3.63, 3.8) is 0 Å². The van der Waals surface area contributed by atoms with E-state index in [0.29, 0.717) is 19.4 Å². The molecule has 20 heavy (non-hydrogen) atoms. The Morgan fingerprint density at radius 3 is 2.35 bits per heavy atom. The third-order valence-electron chi connectivity index (χ3n) is 3.61. The number of hydrogen-bond donors (Lipinski definition) is 1. The molecule has 1 rings (SSSR count). The van der Waals surface area contributed by atoms with Gasteiger partial charge in [0.2, 0.25) is 0 Å². The van der Waals surface area contributed by atoms with Crippen LogP contribution in [0.5, 0.6) is 0 Å². The number of carbonyl (C=O) groups is 1. The molecule has 0 amide bonds. The van der Waals surface area contributed by atoms with Crippen LogP contribution in [0.15, 0.2) is 28.7 Å². The van der Waals surface area contributed by atoms with Crippen molar-refractivity contribution < 1.29 is 14.6 Å². The maximum Gasteiger partial charge on any atom is 0.312 e. The molecule has 0 aromatic heterocycles. The zero-order chi connectivity index (χ0) is 15.2. The van der Waals surface area contributed by atoms with E-state index in [1.807, 2.05) is 38.1 Å². The van der Waals surface area contributed by atoms with Crippen LogP contribution in [0.2, 0.25) is 0 Å². The van der Waals surface area contributed by atoms with Crippen LogP contribution in [0.25, 0.3) is 0 Å². The molecule has 0 heterocycles. The fourth-order valence-electron chi connectivity index (χ4n) is 2.47. The van der Waals surface area contributed by atoms with Crippen LogP contribution in [0.3, 0.4) is 0 Å². The molecular weight excluding hydrogens is 320 g/mol. The van der Waals surface area contributed by atoms with Crippen LogP contribution in [-0.4, -0.2) is 17.7 Å². The van der Waals surface area contributed by atoms with Gasteiger partial charge < -0.3 is 9.84 Å². The van der Waals surface area contributed by atoms with Crippen molar-refractivity contribution in [2.24, 2.45) is 5.92 Å². The first-order chi connectivity index (χ1) is 9.49. The highest BCUT2D eigenvalue weighted by Crippen LogP contribution is 2.37. The average molecular weight is 343 g/mol. The fraction of sp³-hybridized carbons (Fsp3) is 0.562. The van der Waals surface area contributed by atoms with E-state index in [1.54, 1.807) is 6.92 Å². The summed E-state index contributed by atoms with van der Waals surface area (Å²) < 4.78 is 6.09. The summed E-state index contributed by atoms with van der Waals surface area (Å²) >= 11 is 3.38. The molecule has 0 radical (unpaired) electrons. The summed E-state index contributed by atoms with van der Waals surface area (Å²) in [5.41, 5.74) is -0.419. The highest BCUT2D eigenvalue weighted by molar-refractivity contribution is 9.10. The Morgan fingerprint density at radius 2 is 1.90 bits per heavy atom. The second-order valence-corrected chi connectivity index (χ2v) is 5.79. The van der Waals surface area contributed by atoms with Crippen molar-refractivity contribution >= 4 is 21.9 Å². The first-order valence-corrected chi connectivity index (χ1v) is 7.93. The minimum Gasteiger partial charge on any atom is -0.466 e. The molecule has 0 aliphatic rings. The minimum absolute atomic E-state index is 0.318. The van der Waals surface area contributed by atoms with Crippen LogP contribution in [0.4, 0.5) is 0 Å². The van der Waals surface area contributed by atoms with E-state index in [2.05, 4.69) is 15.9 Å². The molecule has 112 valence electrons. The smallest absolute Gasteiger partial charge is 0.312 e. The molecule has 0 fully saturated rings. The maximum absolute atomic E-state index is 12.2. The number of rotatable bonds is 7. The summed E-state index contributed by atoms with van der Waals surface area (Å²) in [6.07, 6.45) is 1.90. The fourth-order valence-corrected chi connectivity index (χ4v) is 2.74. The molecule has 2 atom stereocenters. The normalized spacial score (nSPS) is 15.4. The third kappa shape index (κ3) is 3.83. The van der Waals surface area contributed by atoms with Gasteiger partial charge >= 0.3 is 5.97 Å². The lowest BCUT2D eigenvalue weighted by atomic mass is 9.77. The average Bonchev–Trinajstić information content (AvgIpc) is 2.45. The first-order valence-electron chi connectivity index (χ1n) is 7.14. The SMILES string of the molecule is CCCC(C(=O)OCC)C(O)(CC)c1ccc(Br)cc1.